The van der Waals surface area contributed by atoms with Gasteiger partial charge in [-0.05, 0) is 31.0 Å². The van der Waals surface area contributed by atoms with Gasteiger partial charge in [-0.1, -0.05) is 23.4 Å². The number of methoxy groups -OCH3 is 2. The highest BCUT2D eigenvalue weighted by Gasteiger charge is 2.67. The van der Waals surface area contributed by atoms with E-state index in [0.29, 0.717) is 42.6 Å². The van der Waals surface area contributed by atoms with Crippen molar-refractivity contribution < 1.29 is 28.3 Å². The minimum Gasteiger partial charge on any atom is -0.493 e. The van der Waals surface area contributed by atoms with Gasteiger partial charge in [0.25, 0.3) is 0 Å². The van der Waals surface area contributed by atoms with Crippen molar-refractivity contribution >= 4 is 17.6 Å². The van der Waals surface area contributed by atoms with Crippen LogP contribution in [0.15, 0.2) is 40.9 Å². The number of benzene rings is 1. The standard InChI is InChI=1S/C23H25N3O6/c1-13-10-18(25-32-13)26-12-23-8-6-16(31-23)19(20(23)22(26)28)21(27)24-9-7-14-4-5-15(29-2)17(11-14)30-3/h4-6,8,10-11,16,19-20H,7,9,12H2,1-3H3,(H,24,27)/t16?,19?,20?,23-/m0/s1. The van der Waals surface area contributed by atoms with Crippen LogP contribution in [-0.4, -0.2) is 56.0 Å². The van der Waals surface area contributed by atoms with Crippen LogP contribution in [0.4, 0.5) is 5.82 Å². The zero-order valence-corrected chi connectivity index (χ0v) is 18.2. The monoisotopic (exact) mass is 439 g/mol. The highest BCUT2D eigenvalue weighted by molar-refractivity contribution is 6.02. The average molecular weight is 439 g/mol. The molecule has 0 radical (unpaired) electrons. The molecule has 9 nitrogen and oxygen atoms in total. The lowest BCUT2D eigenvalue weighted by atomic mass is 9.77. The number of nitrogens with zero attached hydrogens (tertiary/aromatic N) is 2. The van der Waals surface area contributed by atoms with Crippen LogP contribution < -0.4 is 19.7 Å². The van der Waals surface area contributed by atoms with Crippen molar-refractivity contribution in [2.75, 3.05) is 32.2 Å². The Morgan fingerprint density at radius 1 is 1.28 bits per heavy atom. The summed E-state index contributed by atoms with van der Waals surface area (Å²) in [4.78, 5) is 27.9. The molecule has 168 valence electrons. The largest absolute Gasteiger partial charge is 0.493 e. The summed E-state index contributed by atoms with van der Waals surface area (Å²) in [5, 5.41) is 6.95. The van der Waals surface area contributed by atoms with Gasteiger partial charge in [0.15, 0.2) is 17.3 Å². The Labute approximate surface area is 185 Å². The first-order chi connectivity index (χ1) is 15.5. The number of carbonyl (C=O) groups is 2. The van der Waals surface area contributed by atoms with Gasteiger partial charge in [-0.2, -0.15) is 0 Å². The third kappa shape index (κ3) is 3.15. The summed E-state index contributed by atoms with van der Waals surface area (Å²) in [7, 11) is 3.18. The Morgan fingerprint density at radius 3 is 2.81 bits per heavy atom. The molecule has 2 amide bonds. The van der Waals surface area contributed by atoms with Crippen LogP contribution in [0.2, 0.25) is 0 Å². The van der Waals surface area contributed by atoms with Gasteiger partial charge in [0.1, 0.15) is 11.4 Å². The van der Waals surface area contributed by atoms with Crippen LogP contribution >= 0.6 is 0 Å². The van der Waals surface area contributed by atoms with Gasteiger partial charge in [-0.3, -0.25) is 14.5 Å². The molecule has 1 aromatic heterocycles. The first-order valence-corrected chi connectivity index (χ1v) is 10.6. The molecule has 3 aliphatic heterocycles. The highest BCUT2D eigenvalue weighted by Crippen LogP contribution is 2.52. The van der Waals surface area contributed by atoms with E-state index in [-0.39, 0.29) is 11.8 Å². The van der Waals surface area contributed by atoms with Crippen LogP contribution in [-0.2, 0) is 20.7 Å². The Kier molecular flexibility index (Phi) is 4.93. The smallest absolute Gasteiger partial charge is 0.235 e. The van der Waals surface area contributed by atoms with Crippen LogP contribution in [0.1, 0.15) is 11.3 Å². The maximum atomic E-state index is 13.2. The van der Waals surface area contributed by atoms with E-state index in [4.69, 9.17) is 18.7 Å². The van der Waals surface area contributed by atoms with E-state index in [2.05, 4.69) is 10.5 Å². The van der Waals surface area contributed by atoms with E-state index < -0.39 is 23.5 Å². The average Bonchev–Trinajstić information content (AvgIpc) is 3.54. The topological polar surface area (TPSA) is 103 Å². The second-order valence-corrected chi connectivity index (χ2v) is 8.35. The molecule has 0 saturated carbocycles. The lowest BCUT2D eigenvalue weighted by Gasteiger charge is -2.23. The van der Waals surface area contributed by atoms with E-state index in [1.54, 1.807) is 32.1 Å². The van der Waals surface area contributed by atoms with Crippen molar-refractivity contribution in [3.8, 4) is 11.5 Å². The molecule has 2 fully saturated rings. The number of hydrogen-bond acceptors (Lipinski definition) is 7. The predicted molar refractivity (Wildman–Crippen MR) is 114 cm³/mol. The SMILES string of the molecule is COc1ccc(CCNC(=O)C2C3C=C[C@@]4(CN(c5cc(C)on5)C(=O)C24)O3)cc1OC. The second-order valence-electron chi connectivity index (χ2n) is 8.35. The first-order valence-electron chi connectivity index (χ1n) is 10.6. The summed E-state index contributed by atoms with van der Waals surface area (Å²) in [6.07, 6.45) is 4.03. The molecule has 2 aromatic rings. The fraction of sp³-hybridized carbons (Fsp3) is 0.435. The lowest BCUT2D eigenvalue weighted by molar-refractivity contribution is -0.131. The van der Waals surface area contributed by atoms with Crippen LogP contribution in [0, 0.1) is 18.8 Å². The second kappa shape index (κ2) is 7.67. The molecule has 1 aromatic carbocycles. The van der Waals surface area contributed by atoms with Crippen molar-refractivity contribution in [2.45, 2.75) is 25.0 Å². The van der Waals surface area contributed by atoms with Gasteiger partial charge in [0, 0.05) is 12.6 Å². The molecule has 9 heteroatoms. The maximum absolute atomic E-state index is 13.2. The molecule has 4 heterocycles. The molecule has 1 spiro atoms. The molecule has 2 bridgehead atoms. The summed E-state index contributed by atoms with van der Waals surface area (Å²) in [5.41, 5.74) is 0.216. The number of carbonyl (C=O) groups excluding carboxylic acids is 2. The normalized spacial score (nSPS) is 27.7. The molecule has 5 rings (SSSR count). The van der Waals surface area contributed by atoms with Gasteiger partial charge in [0.05, 0.1) is 38.7 Å². The third-order valence-electron chi connectivity index (χ3n) is 6.46. The number of fused-ring (bicyclic) bond motifs is 1. The van der Waals surface area contributed by atoms with Crippen molar-refractivity contribution in [2.24, 2.45) is 11.8 Å². The quantitative estimate of drug-likeness (QED) is 0.655. The van der Waals surface area contributed by atoms with E-state index in [1.807, 2.05) is 30.4 Å². The molecule has 4 atom stereocenters. The maximum Gasteiger partial charge on any atom is 0.235 e. The Balaban J connectivity index is 1.27. The zero-order valence-electron chi connectivity index (χ0n) is 18.2. The molecule has 2 saturated heterocycles. The zero-order chi connectivity index (χ0) is 22.5. The van der Waals surface area contributed by atoms with E-state index in [1.165, 1.54) is 0 Å². The number of aromatic nitrogens is 1. The number of ether oxygens (including phenoxy) is 3. The minimum atomic E-state index is -0.792. The predicted octanol–water partition coefficient (Wildman–Crippen LogP) is 1.65. The molecule has 32 heavy (non-hydrogen) atoms. The highest BCUT2D eigenvalue weighted by atomic mass is 16.5. The van der Waals surface area contributed by atoms with Crippen LogP contribution in [0.5, 0.6) is 11.5 Å². The summed E-state index contributed by atoms with van der Waals surface area (Å²) >= 11 is 0. The number of hydrogen-bond donors (Lipinski definition) is 1. The first kappa shape index (κ1) is 20.6. The molecule has 3 aliphatic rings. The van der Waals surface area contributed by atoms with Crippen molar-refractivity contribution in [1.82, 2.24) is 10.5 Å². The van der Waals surface area contributed by atoms with Crippen LogP contribution in [0.3, 0.4) is 0 Å². The van der Waals surface area contributed by atoms with Gasteiger partial charge in [0.2, 0.25) is 11.8 Å². The molecule has 0 aliphatic carbocycles. The van der Waals surface area contributed by atoms with Crippen molar-refractivity contribution in [3.05, 3.63) is 47.7 Å². The minimum absolute atomic E-state index is 0.162. The van der Waals surface area contributed by atoms with Crippen LogP contribution in [0.25, 0.3) is 0 Å². The fourth-order valence-corrected chi connectivity index (χ4v) is 4.96. The third-order valence-corrected chi connectivity index (χ3v) is 6.46. The molecule has 3 unspecified atom stereocenters. The van der Waals surface area contributed by atoms with Gasteiger partial charge in [-0.25, -0.2) is 0 Å². The fourth-order valence-electron chi connectivity index (χ4n) is 4.96. The Morgan fingerprint density at radius 2 is 2.09 bits per heavy atom. The van der Waals surface area contributed by atoms with E-state index in [0.717, 1.165) is 5.56 Å². The van der Waals surface area contributed by atoms with Gasteiger partial charge < -0.3 is 24.1 Å². The van der Waals surface area contributed by atoms with Crippen molar-refractivity contribution in [3.63, 3.8) is 0 Å². The number of aryl methyl sites for hydroxylation is 1. The lowest BCUT2D eigenvalue weighted by Crippen LogP contribution is -2.44. The number of rotatable bonds is 7. The summed E-state index contributed by atoms with van der Waals surface area (Å²) in [5.74, 6) is 0.875. The summed E-state index contributed by atoms with van der Waals surface area (Å²) in [6.45, 7) is 2.53. The molecule has 1 N–H and O–H groups in total. The number of nitrogens with one attached hydrogen (secondary N) is 1. The van der Waals surface area contributed by atoms with Gasteiger partial charge >= 0.3 is 0 Å². The van der Waals surface area contributed by atoms with E-state index in [9.17, 15) is 9.59 Å². The number of amides is 2. The summed E-state index contributed by atoms with van der Waals surface area (Å²) in [6, 6.07) is 7.38. The van der Waals surface area contributed by atoms with Crippen molar-refractivity contribution in [1.29, 1.82) is 0 Å². The molecular formula is C23H25N3O6. The number of anilines is 1. The Bertz CT molecular complexity index is 1100. The Hall–Kier alpha value is -3.33. The van der Waals surface area contributed by atoms with E-state index >= 15 is 0 Å². The summed E-state index contributed by atoms with van der Waals surface area (Å²) < 4.78 is 21.9. The van der Waals surface area contributed by atoms with Gasteiger partial charge in [-0.15, -0.1) is 0 Å². The molecular weight excluding hydrogens is 414 g/mol.